The Hall–Kier alpha value is -1.22. The molecule has 2 unspecified atom stereocenters. The predicted octanol–water partition coefficient (Wildman–Crippen LogP) is 2.53. The minimum atomic E-state index is -0.315. The third-order valence-electron chi connectivity index (χ3n) is 3.28. The van der Waals surface area contributed by atoms with Crippen LogP contribution in [0.3, 0.4) is 0 Å². The zero-order chi connectivity index (χ0) is 11.5. The summed E-state index contributed by atoms with van der Waals surface area (Å²) in [6, 6.07) is 5.69. The lowest BCUT2D eigenvalue weighted by Crippen LogP contribution is -2.38. The van der Waals surface area contributed by atoms with Gasteiger partial charge < -0.3 is 5.73 Å². The Morgan fingerprint density at radius 1 is 1.19 bits per heavy atom. The highest BCUT2D eigenvalue weighted by Crippen LogP contribution is 2.26. The van der Waals surface area contributed by atoms with E-state index in [1.807, 2.05) is 0 Å². The van der Waals surface area contributed by atoms with Crippen molar-refractivity contribution in [2.75, 3.05) is 0 Å². The van der Waals surface area contributed by atoms with Gasteiger partial charge in [-0.2, -0.15) is 0 Å². The van der Waals surface area contributed by atoms with Gasteiger partial charge in [-0.25, -0.2) is 4.39 Å². The molecule has 1 fully saturated rings. The first-order valence-corrected chi connectivity index (χ1v) is 5.74. The number of carbonyl (C=O) groups excluding carboxylic acids is 1. The van der Waals surface area contributed by atoms with Crippen LogP contribution in [-0.2, 0) is 0 Å². The lowest BCUT2D eigenvalue weighted by atomic mass is 9.80. The summed E-state index contributed by atoms with van der Waals surface area (Å²) in [7, 11) is 0. The van der Waals surface area contributed by atoms with Gasteiger partial charge >= 0.3 is 0 Å². The second-order valence-corrected chi connectivity index (χ2v) is 4.43. The molecule has 16 heavy (non-hydrogen) atoms. The van der Waals surface area contributed by atoms with Crippen molar-refractivity contribution in [1.29, 1.82) is 0 Å². The number of nitrogens with two attached hydrogens (primary N) is 1. The van der Waals surface area contributed by atoms with E-state index in [-0.39, 0.29) is 23.6 Å². The Morgan fingerprint density at radius 3 is 2.44 bits per heavy atom. The predicted molar refractivity (Wildman–Crippen MR) is 60.7 cm³/mol. The Kier molecular flexibility index (Phi) is 3.34. The molecule has 1 aromatic carbocycles. The molecule has 86 valence electrons. The van der Waals surface area contributed by atoms with Crippen molar-refractivity contribution in [3.63, 3.8) is 0 Å². The van der Waals surface area contributed by atoms with Gasteiger partial charge in [0, 0.05) is 17.5 Å². The molecule has 2 atom stereocenters. The fraction of sp³-hybridized carbons (Fsp3) is 0.462. The number of halogens is 1. The van der Waals surface area contributed by atoms with E-state index in [0.717, 1.165) is 25.7 Å². The molecule has 1 aliphatic carbocycles. The second-order valence-electron chi connectivity index (χ2n) is 4.43. The van der Waals surface area contributed by atoms with Gasteiger partial charge in [0.1, 0.15) is 5.82 Å². The molecule has 1 saturated carbocycles. The number of rotatable bonds is 2. The molecule has 1 aliphatic rings. The number of ketones is 1. The molecule has 0 amide bonds. The Balaban J connectivity index is 2.14. The largest absolute Gasteiger partial charge is 0.327 e. The van der Waals surface area contributed by atoms with Crippen LogP contribution in [0.2, 0.25) is 0 Å². The Bertz CT molecular complexity index is 374. The van der Waals surface area contributed by atoms with Crippen LogP contribution in [0.4, 0.5) is 4.39 Å². The lowest BCUT2D eigenvalue weighted by molar-refractivity contribution is 0.0871. The van der Waals surface area contributed by atoms with Crippen LogP contribution in [0.15, 0.2) is 24.3 Å². The van der Waals surface area contributed by atoms with Crippen LogP contribution in [0, 0.1) is 11.7 Å². The van der Waals surface area contributed by atoms with E-state index in [0.29, 0.717) is 5.56 Å². The molecule has 0 bridgehead atoms. The molecule has 2 rings (SSSR count). The first-order valence-electron chi connectivity index (χ1n) is 5.74. The molecule has 2 nitrogen and oxygen atoms in total. The summed E-state index contributed by atoms with van der Waals surface area (Å²) in [6.45, 7) is 0. The van der Waals surface area contributed by atoms with Crippen LogP contribution in [0.1, 0.15) is 36.0 Å². The smallest absolute Gasteiger partial charge is 0.167 e. The SMILES string of the molecule is NC1CCCCC1C(=O)c1ccc(F)cc1. The molecule has 0 aliphatic heterocycles. The van der Waals surface area contributed by atoms with Gasteiger partial charge in [0.15, 0.2) is 5.78 Å². The van der Waals surface area contributed by atoms with Crippen molar-refractivity contribution in [3.05, 3.63) is 35.6 Å². The van der Waals surface area contributed by atoms with E-state index in [1.54, 1.807) is 12.1 Å². The zero-order valence-electron chi connectivity index (χ0n) is 9.16. The van der Waals surface area contributed by atoms with Gasteiger partial charge in [-0.1, -0.05) is 12.8 Å². The molecule has 3 heteroatoms. The van der Waals surface area contributed by atoms with Crippen LogP contribution >= 0.6 is 0 Å². The third-order valence-corrected chi connectivity index (χ3v) is 3.28. The number of hydrogen-bond donors (Lipinski definition) is 1. The van der Waals surface area contributed by atoms with Crippen molar-refractivity contribution in [1.82, 2.24) is 0 Å². The minimum absolute atomic E-state index is 0.0358. The average Bonchev–Trinajstić information content (AvgIpc) is 2.30. The molecule has 0 heterocycles. The van der Waals surface area contributed by atoms with Crippen molar-refractivity contribution in [2.24, 2.45) is 11.7 Å². The van der Waals surface area contributed by atoms with E-state index in [1.165, 1.54) is 12.1 Å². The van der Waals surface area contributed by atoms with Gasteiger partial charge in [-0.15, -0.1) is 0 Å². The number of benzene rings is 1. The van der Waals surface area contributed by atoms with E-state index >= 15 is 0 Å². The molecule has 1 aromatic rings. The van der Waals surface area contributed by atoms with Crippen molar-refractivity contribution < 1.29 is 9.18 Å². The normalized spacial score (nSPS) is 25.4. The quantitative estimate of drug-likeness (QED) is 0.780. The maximum Gasteiger partial charge on any atom is 0.167 e. The maximum absolute atomic E-state index is 12.7. The van der Waals surface area contributed by atoms with E-state index in [4.69, 9.17) is 5.73 Å². The standard InChI is InChI=1S/C13H16FNO/c14-10-7-5-9(6-8-10)13(16)11-3-1-2-4-12(11)15/h5-8,11-12H,1-4,15H2. The third kappa shape index (κ3) is 2.30. The summed E-state index contributed by atoms with van der Waals surface area (Å²) >= 11 is 0. The summed E-state index contributed by atoms with van der Waals surface area (Å²) in [5.41, 5.74) is 6.53. The number of hydrogen-bond acceptors (Lipinski definition) is 2. The van der Waals surface area contributed by atoms with Gasteiger partial charge in [0.25, 0.3) is 0 Å². The summed E-state index contributed by atoms with van der Waals surface area (Å²) in [5, 5.41) is 0. The maximum atomic E-state index is 12.7. The molecule has 0 saturated heterocycles. The highest BCUT2D eigenvalue weighted by atomic mass is 19.1. The zero-order valence-corrected chi connectivity index (χ0v) is 9.16. The molecule has 0 aromatic heterocycles. The van der Waals surface area contributed by atoms with Gasteiger partial charge in [0.2, 0.25) is 0 Å². The first kappa shape index (κ1) is 11.3. The number of Topliss-reactive ketones (excluding diaryl/α,β-unsaturated/α-hetero) is 1. The molecule has 2 N–H and O–H groups in total. The monoisotopic (exact) mass is 221 g/mol. The minimum Gasteiger partial charge on any atom is -0.327 e. The van der Waals surface area contributed by atoms with Crippen LogP contribution in [0.5, 0.6) is 0 Å². The van der Waals surface area contributed by atoms with Crippen LogP contribution in [0.25, 0.3) is 0 Å². The fourth-order valence-corrected chi connectivity index (χ4v) is 2.31. The van der Waals surface area contributed by atoms with Crippen LogP contribution in [-0.4, -0.2) is 11.8 Å². The van der Waals surface area contributed by atoms with Crippen molar-refractivity contribution in [3.8, 4) is 0 Å². The summed E-state index contributed by atoms with van der Waals surface area (Å²) < 4.78 is 12.7. The van der Waals surface area contributed by atoms with E-state index in [9.17, 15) is 9.18 Å². The Labute approximate surface area is 94.6 Å². The number of carbonyl (C=O) groups is 1. The van der Waals surface area contributed by atoms with Crippen molar-refractivity contribution in [2.45, 2.75) is 31.7 Å². The van der Waals surface area contributed by atoms with Gasteiger partial charge in [-0.05, 0) is 37.1 Å². The van der Waals surface area contributed by atoms with Crippen molar-refractivity contribution >= 4 is 5.78 Å². The Morgan fingerprint density at radius 2 is 1.81 bits per heavy atom. The van der Waals surface area contributed by atoms with Crippen LogP contribution < -0.4 is 5.73 Å². The molecule has 0 radical (unpaired) electrons. The summed E-state index contributed by atoms with van der Waals surface area (Å²) in [4.78, 5) is 12.1. The van der Waals surface area contributed by atoms with E-state index < -0.39 is 0 Å². The van der Waals surface area contributed by atoms with Gasteiger partial charge in [-0.3, -0.25) is 4.79 Å². The fourth-order valence-electron chi connectivity index (χ4n) is 2.31. The average molecular weight is 221 g/mol. The van der Waals surface area contributed by atoms with Gasteiger partial charge in [0.05, 0.1) is 0 Å². The second kappa shape index (κ2) is 4.74. The summed E-state index contributed by atoms with van der Waals surface area (Å²) in [6.07, 6.45) is 3.94. The summed E-state index contributed by atoms with van der Waals surface area (Å²) in [5.74, 6) is -0.337. The highest BCUT2D eigenvalue weighted by molar-refractivity contribution is 5.98. The van der Waals surface area contributed by atoms with E-state index in [2.05, 4.69) is 0 Å². The first-order chi connectivity index (χ1) is 7.68. The topological polar surface area (TPSA) is 43.1 Å². The molecule has 0 spiro atoms. The highest BCUT2D eigenvalue weighted by Gasteiger charge is 2.28. The molecular weight excluding hydrogens is 205 g/mol. The molecular formula is C13H16FNO. The lowest BCUT2D eigenvalue weighted by Gasteiger charge is -2.27.